The summed E-state index contributed by atoms with van der Waals surface area (Å²) >= 11 is 0. The van der Waals surface area contributed by atoms with Crippen molar-refractivity contribution >= 4 is 58.6 Å². The van der Waals surface area contributed by atoms with E-state index in [1.807, 2.05) is 0 Å². The molecule has 4 aromatic rings. The van der Waals surface area contributed by atoms with E-state index in [1.54, 1.807) is 12.1 Å². The quantitative estimate of drug-likeness (QED) is 0.0526. The molecule has 0 unspecified atom stereocenters. The summed E-state index contributed by atoms with van der Waals surface area (Å²) in [6.07, 6.45) is 1.82. The summed E-state index contributed by atoms with van der Waals surface area (Å²) in [6.45, 7) is 7.91. The number of fused-ring (bicyclic) bond motifs is 4. The van der Waals surface area contributed by atoms with Gasteiger partial charge in [-0.1, -0.05) is 13.1 Å². The van der Waals surface area contributed by atoms with E-state index in [4.69, 9.17) is 9.47 Å². The SMILES string of the molecule is CN1CCc2cc3c(cc21)[Si](C)(C)c1cc2c(cc1=C3c1cc(C(=O)NCCOCCOCCNc3ccc([N+](=O)[O-])cc3[N+](=O)[O-])ccc1C(=O)O)CC[N+]=2C. The number of benzene rings is 4. The number of carboxylic acid groups (broad SMARTS) is 1. The van der Waals surface area contributed by atoms with Crippen LogP contribution in [-0.2, 0) is 22.3 Å². The van der Waals surface area contributed by atoms with E-state index in [0.717, 1.165) is 48.4 Å². The lowest BCUT2D eigenvalue weighted by atomic mass is 9.88. The molecule has 3 aliphatic heterocycles. The molecule has 0 atom stereocenters. The maximum Gasteiger partial charge on any atom is 0.336 e. The largest absolute Gasteiger partial charge is 0.478 e. The fourth-order valence-corrected chi connectivity index (χ4v) is 11.2. The van der Waals surface area contributed by atoms with Gasteiger partial charge < -0.3 is 30.1 Å². The molecule has 7 rings (SSSR count). The lowest BCUT2D eigenvalue weighted by molar-refractivity contribution is -0.393. The van der Waals surface area contributed by atoms with E-state index in [0.29, 0.717) is 11.1 Å². The number of rotatable bonds is 15. The molecule has 0 saturated carbocycles. The summed E-state index contributed by atoms with van der Waals surface area (Å²) in [7, 11) is 1.97. The molecule has 0 aromatic heterocycles. The van der Waals surface area contributed by atoms with Crippen LogP contribution in [-0.4, -0.2) is 102 Å². The van der Waals surface area contributed by atoms with Crippen molar-refractivity contribution in [3.05, 3.63) is 125 Å². The molecule has 0 saturated heterocycles. The van der Waals surface area contributed by atoms with Gasteiger partial charge in [-0.05, 0) is 86.7 Å². The van der Waals surface area contributed by atoms with Crippen LogP contribution in [0.25, 0.3) is 5.57 Å². The number of nitro benzene ring substituents is 2. The molecule has 57 heavy (non-hydrogen) atoms. The number of amides is 1. The first-order chi connectivity index (χ1) is 27.3. The van der Waals surface area contributed by atoms with E-state index < -0.39 is 29.6 Å². The first-order valence-corrected chi connectivity index (χ1v) is 21.9. The summed E-state index contributed by atoms with van der Waals surface area (Å²) in [5.74, 6) is -1.41. The van der Waals surface area contributed by atoms with Crippen molar-refractivity contribution in [3.63, 3.8) is 0 Å². The van der Waals surface area contributed by atoms with Gasteiger partial charge in [0, 0.05) is 62.0 Å². The van der Waals surface area contributed by atoms with Crippen molar-refractivity contribution in [2.24, 2.45) is 0 Å². The minimum atomic E-state index is -2.26. The highest BCUT2D eigenvalue weighted by Gasteiger charge is 2.39. The summed E-state index contributed by atoms with van der Waals surface area (Å²) in [5, 5.41) is 43.3. The molecule has 15 nitrogen and oxygen atoms in total. The zero-order valence-corrected chi connectivity index (χ0v) is 33.3. The Morgan fingerprint density at radius 3 is 2.35 bits per heavy atom. The monoisotopic (exact) mass is 793 g/mol. The van der Waals surface area contributed by atoms with Gasteiger partial charge >= 0.3 is 5.97 Å². The maximum atomic E-state index is 13.5. The zero-order valence-electron chi connectivity index (χ0n) is 32.3. The number of hydrogen-bond acceptors (Lipinski definition) is 10. The Balaban J connectivity index is 1.04. The number of nitro groups is 2. The number of carbonyl (C=O) groups excluding carboxylic acids is 1. The molecule has 3 aliphatic rings. The van der Waals surface area contributed by atoms with Gasteiger partial charge in [-0.15, -0.1) is 0 Å². The number of ether oxygens (including phenoxy) is 2. The molecule has 0 radical (unpaired) electrons. The highest BCUT2D eigenvalue weighted by Crippen LogP contribution is 2.35. The average Bonchev–Trinajstić information content (AvgIpc) is 3.74. The lowest BCUT2D eigenvalue weighted by Gasteiger charge is -2.34. The Kier molecular flexibility index (Phi) is 10.9. The van der Waals surface area contributed by atoms with Crippen molar-refractivity contribution < 1.29 is 34.0 Å². The zero-order chi connectivity index (χ0) is 40.6. The molecule has 3 N–H and O–H groups in total. The number of hydrogen-bond donors (Lipinski definition) is 3. The van der Waals surface area contributed by atoms with E-state index in [-0.39, 0.29) is 62.4 Å². The summed E-state index contributed by atoms with van der Waals surface area (Å²) in [6, 6.07) is 17.4. The summed E-state index contributed by atoms with van der Waals surface area (Å²) in [5.41, 5.74) is 6.00. The minimum Gasteiger partial charge on any atom is -0.478 e. The molecule has 16 heteroatoms. The Bertz CT molecular complexity index is 2470. The van der Waals surface area contributed by atoms with Crippen LogP contribution < -0.4 is 41.1 Å². The summed E-state index contributed by atoms with van der Waals surface area (Å²) < 4.78 is 13.5. The normalized spacial score (nSPS) is 14.8. The van der Waals surface area contributed by atoms with E-state index >= 15 is 0 Å². The van der Waals surface area contributed by atoms with Gasteiger partial charge in [0.25, 0.3) is 17.3 Å². The summed E-state index contributed by atoms with van der Waals surface area (Å²) in [4.78, 5) is 49.6. The third kappa shape index (κ3) is 7.62. The van der Waals surface area contributed by atoms with Crippen LogP contribution in [0.5, 0.6) is 0 Å². The predicted molar refractivity (Wildman–Crippen MR) is 219 cm³/mol. The fourth-order valence-electron chi connectivity index (χ4n) is 8.15. The molecule has 4 aromatic carbocycles. The molecule has 0 bridgehead atoms. The molecule has 1 amide bonds. The Morgan fingerprint density at radius 2 is 1.63 bits per heavy atom. The van der Waals surface area contributed by atoms with Crippen LogP contribution in [0, 0.1) is 20.2 Å². The number of anilines is 2. The van der Waals surface area contributed by atoms with Crippen molar-refractivity contribution in [1.82, 2.24) is 9.89 Å². The third-order valence-electron chi connectivity index (χ3n) is 11.2. The van der Waals surface area contributed by atoms with Gasteiger partial charge in [0.2, 0.25) is 5.36 Å². The van der Waals surface area contributed by atoms with Crippen molar-refractivity contribution in [2.75, 3.05) is 76.9 Å². The lowest BCUT2D eigenvalue weighted by Crippen LogP contribution is -2.64. The Labute approximate surface area is 329 Å². The van der Waals surface area contributed by atoms with Crippen LogP contribution in [0.15, 0.2) is 60.7 Å². The van der Waals surface area contributed by atoms with E-state index in [1.165, 1.54) is 50.7 Å². The van der Waals surface area contributed by atoms with Crippen LogP contribution in [0.3, 0.4) is 0 Å². The van der Waals surface area contributed by atoms with Crippen LogP contribution >= 0.6 is 0 Å². The second kappa shape index (κ2) is 15.9. The molecule has 0 spiro atoms. The second-order valence-electron chi connectivity index (χ2n) is 15.1. The molecule has 296 valence electrons. The average molecular weight is 794 g/mol. The van der Waals surface area contributed by atoms with Gasteiger partial charge in [-0.2, -0.15) is 0 Å². The number of nitrogens with one attached hydrogen (secondary N) is 2. The Morgan fingerprint density at radius 1 is 0.877 bits per heavy atom. The van der Waals surface area contributed by atoms with Gasteiger partial charge in [0.05, 0.1) is 47.9 Å². The van der Waals surface area contributed by atoms with Gasteiger partial charge in [-0.25, -0.2) is 9.37 Å². The van der Waals surface area contributed by atoms with Crippen LogP contribution in [0.2, 0.25) is 13.1 Å². The number of carboxylic acids is 1. The maximum absolute atomic E-state index is 13.5. The number of carbonyl (C=O) groups is 2. The minimum absolute atomic E-state index is 0.138. The number of aromatic carboxylic acids is 1. The smallest absolute Gasteiger partial charge is 0.336 e. The topological polar surface area (TPSA) is 189 Å². The molecule has 0 fully saturated rings. The van der Waals surface area contributed by atoms with Gasteiger partial charge in [0.1, 0.15) is 27.4 Å². The molecular weight excluding hydrogens is 749 g/mol. The first kappa shape index (κ1) is 39.3. The standard InChI is InChI=1S/C41H44N6O9Si/c1-44-13-9-25-19-31-37(23-34(25)44)57(3,4)38-24-35-26(10-14-45(35)2)20-32(38)39(31)30-21-27(5-7-29(30)41(49)50)40(48)43-12-16-56-18-17-55-15-11-42-33-8-6-28(46(51)52)22-36(33)47(53)54/h5-8,19-24,42H,9-18H2,1-4H3,(H-,43,48,49,50)/p+1. The highest BCUT2D eigenvalue weighted by molar-refractivity contribution is 7.01. The molecule has 3 heterocycles. The predicted octanol–water partition coefficient (Wildman–Crippen LogP) is 2.13. The number of nitrogens with zero attached hydrogens (tertiary/aromatic N) is 4. The number of non-ortho nitro benzene ring substituents is 1. The van der Waals surface area contributed by atoms with Crippen molar-refractivity contribution in [3.8, 4) is 0 Å². The fraction of sp³-hybridized carbons (Fsp3) is 0.341. The van der Waals surface area contributed by atoms with Crippen molar-refractivity contribution in [2.45, 2.75) is 25.9 Å². The second-order valence-corrected chi connectivity index (χ2v) is 19.4. The molecule has 0 aliphatic carbocycles. The third-order valence-corrected chi connectivity index (χ3v) is 14.7. The number of likely N-dealkylation sites (N-methyl/N-ethyl adjacent to an activating group) is 2. The van der Waals surface area contributed by atoms with Crippen LogP contribution in [0.1, 0.15) is 43.0 Å². The van der Waals surface area contributed by atoms with E-state index in [2.05, 4.69) is 71.6 Å². The van der Waals surface area contributed by atoms with Gasteiger partial charge in [0.15, 0.2) is 0 Å². The van der Waals surface area contributed by atoms with Crippen LogP contribution in [0.4, 0.5) is 22.7 Å². The molecular formula is C41H45N6O9Si+. The highest BCUT2D eigenvalue weighted by atomic mass is 28.3. The van der Waals surface area contributed by atoms with Gasteiger partial charge in [-0.3, -0.25) is 25.0 Å². The van der Waals surface area contributed by atoms with Crippen molar-refractivity contribution in [1.29, 1.82) is 0 Å². The Hall–Kier alpha value is -5.97. The van der Waals surface area contributed by atoms with E-state index in [9.17, 15) is 34.9 Å². The first-order valence-electron chi connectivity index (χ1n) is 18.9.